The van der Waals surface area contributed by atoms with Crippen LogP contribution in [0, 0.1) is 0 Å². The first-order valence-electron chi connectivity index (χ1n) is 4.09. The number of benzene rings is 1. The van der Waals surface area contributed by atoms with E-state index < -0.39 is 5.91 Å². The molecule has 1 aromatic carbocycles. The molecule has 1 amide bonds. The van der Waals surface area contributed by atoms with Gasteiger partial charge in [-0.1, -0.05) is 29.3 Å². The fourth-order valence-corrected chi connectivity index (χ4v) is 1.84. The van der Waals surface area contributed by atoms with Crippen LogP contribution >= 0.6 is 46.8 Å². The summed E-state index contributed by atoms with van der Waals surface area (Å²) in [6.07, 6.45) is 0.573. The van der Waals surface area contributed by atoms with Gasteiger partial charge in [0.05, 0.1) is 0 Å². The van der Waals surface area contributed by atoms with Gasteiger partial charge in [0.25, 0.3) is 5.91 Å². The van der Waals surface area contributed by atoms with Gasteiger partial charge in [0, 0.05) is 40.0 Å². The van der Waals surface area contributed by atoms with Crippen LogP contribution in [0.5, 0.6) is 0 Å². The zero-order chi connectivity index (χ0) is 11.4. The number of hydrogen-bond acceptors (Lipinski definition) is 1. The lowest BCUT2D eigenvalue weighted by atomic mass is 10.1. The molecule has 82 valence electrons. The van der Waals surface area contributed by atoms with Crippen LogP contribution in [0.1, 0.15) is 12.0 Å². The normalized spacial score (nSPS) is 10.1. The van der Waals surface area contributed by atoms with Crippen molar-refractivity contribution in [2.45, 2.75) is 12.8 Å². The van der Waals surface area contributed by atoms with Gasteiger partial charge in [-0.2, -0.15) is 3.94 Å². The van der Waals surface area contributed by atoms with Gasteiger partial charge in [-0.25, -0.2) is 0 Å². The van der Waals surface area contributed by atoms with Crippen molar-refractivity contribution in [2.24, 2.45) is 0 Å². The van der Waals surface area contributed by atoms with Crippen LogP contribution in [0.2, 0.25) is 10.0 Å². The molecule has 0 heterocycles. The maximum absolute atomic E-state index is 11.1. The quantitative estimate of drug-likeness (QED) is 0.767. The zero-order valence-electron chi connectivity index (χ0n) is 7.51. The lowest BCUT2D eigenvalue weighted by Crippen LogP contribution is -2.11. The summed E-state index contributed by atoms with van der Waals surface area (Å²) in [5, 5.41) is 1.07. The number of nitrogens with zero attached hydrogens (tertiary/aromatic N) is 1. The Morgan fingerprint density at radius 2 is 1.73 bits per heavy atom. The van der Waals surface area contributed by atoms with Gasteiger partial charge >= 0.3 is 0 Å². The van der Waals surface area contributed by atoms with Crippen molar-refractivity contribution in [3.63, 3.8) is 0 Å². The van der Waals surface area contributed by atoms with E-state index in [1.807, 2.05) is 0 Å². The Morgan fingerprint density at radius 3 is 2.20 bits per heavy atom. The average molecular weight is 287 g/mol. The van der Waals surface area contributed by atoms with Crippen molar-refractivity contribution in [1.29, 1.82) is 0 Å². The average Bonchev–Trinajstić information content (AvgIpc) is 2.16. The molecule has 0 unspecified atom stereocenters. The SMILES string of the molecule is O=C(CCc1c(Cl)cccc1Cl)N(Cl)Cl. The molecule has 0 spiro atoms. The third kappa shape index (κ3) is 3.72. The van der Waals surface area contributed by atoms with Crippen LogP contribution in [-0.4, -0.2) is 9.85 Å². The van der Waals surface area contributed by atoms with Crippen LogP contribution in [0.15, 0.2) is 18.2 Å². The predicted octanol–water partition coefficient (Wildman–Crippen LogP) is 4.06. The lowest BCUT2D eigenvalue weighted by Gasteiger charge is -2.07. The van der Waals surface area contributed by atoms with E-state index >= 15 is 0 Å². The van der Waals surface area contributed by atoms with Gasteiger partial charge in [-0.05, 0) is 24.1 Å². The Bertz CT molecular complexity index is 347. The molecular formula is C9H7Cl4NO. The summed E-state index contributed by atoms with van der Waals surface area (Å²) in [4.78, 5) is 11.1. The fourth-order valence-electron chi connectivity index (χ4n) is 1.09. The van der Waals surface area contributed by atoms with Crippen LogP contribution in [0.3, 0.4) is 0 Å². The topological polar surface area (TPSA) is 20.3 Å². The maximum atomic E-state index is 11.1. The summed E-state index contributed by atoms with van der Waals surface area (Å²) in [7, 11) is 0. The highest BCUT2D eigenvalue weighted by Gasteiger charge is 2.11. The second-order valence-electron chi connectivity index (χ2n) is 2.83. The molecule has 0 aliphatic heterocycles. The van der Waals surface area contributed by atoms with E-state index in [1.54, 1.807) is 18.2 Å². The first kappa shape index (κ1) is 12.9. The number of carbonyl (C=O) groups is 1. The van der Waals surface area contributed by atoms with E-state index in [0.717, 1.165) is 5.56 Å². The van der Waals surface area contributed by atoms with Gasteiger partial charge in [0.15, 0.2) is 0 Å². The Balaban J connectivity index is 2.69. The fraction of sp³-hybridized carbons (Fsp3) is 0.222. The minimum atomic E-state index is -0.394. The highest BCUT2D eigenvalue weighted by Crippen LogP contribution is 2.25. The van der Waals surface area contributed by atoms with Gasteiger partial charge < -0.3 is 0 Å². The maximum Gasteiger partial charge on any atom is 0.252 e. The molecule has 0 bridgehead atoms. The van der Waals surface area contributed by atoms with Crippen molar-refractivity contribution in [1.82, 2.24) is 3.94 Å². The molecule has 0 fully saturated rings. The summed E-state index contributed by atoms with van der Waals surface area (Å²) < 4.78 is 0.505. The van der Waals surface area contributed by atoms with E-state index in [-0.39, 0.29) is 6.42 Å². The van der Waals surface area contributed by atoms with Gasteiger partial charge in [0.2, 0.25) is 0 Å². The number of rotatable bonds is 3. The molecule has 0 saturated carbocycles. The van der Waals surface area contributed by atoms with Crippen molar-refractivity contribution in [3.05, 3.63) is 33.8 Å². The molecule has 15 heavy (non-hydrogen) atoms. The molecule has 2 nitrogen and oxygen atoms in total. The molecule has 0 aliphatic rings. The van der Waals surface area contributed by atoms with Crippen LogP contribution < -0.4 is 0 Å². The zero-order valence-corrected chi connectivity index (χ0v) is 10.5. The number of halogens is 4. The summed E-state index contributed by atoms with van der Waals surface area (Å²) in [5.74, 6) is -0.394. The minimum Gasteiger partial charge on any atom is -0.272 e. The summed E-state index contributed by atoms with van der Waals surface area (Å²) >= 11 is 22.3. The molecule has 0 aromatic heterocycles. The Kier molecular flexibility index (Phi) is 5.00. The third-order valence-electron chi connectivity index (χ3n) is 1.84. The summed E-state index contributed by atoms with van der Waals surface area (Å²) in [5.41, 5.74) is 0.726. The highest BCUT2D eigenvalue weighted by molar-refractivity contribution is 6.41. The van der Waals surface area contributed by atoms with Gasteiger partial charge in [-0.3, -0.25) is 4.79 Å². The highest BCUT2D eigenvalue weighted by atomic mass is 35.5. The van der Waals surface area contributed by atoms with E-state index in [4.69, 9.17) is 46.8 Å². The van der Waals surface area contributed by atoms with E-state index in [1.165, 1.54) is 0 Å². The summed E-state index contributed by atoms with van der Waals surface area (Å²) in [6, 6.07) is 5.17. The van der Waals surface area contributed by atoms with E-state index in [9.17, 15) is 4.79 Å². The molecule has 0 aliphatic carbocycles. The van der Waals surface area contributed by atoms with Crippen molar-refractivity contribution in [2.75, 3.05) is 0 Å². The Hall–Kier alpha value is -0.150. The number of amides is 1. The summed E-state index contributed by atoms with van der Waals surface area (Å²) in [6.45, 7) is 0. The second kappa shape index (κ2) is 5.80. The molecule has 0 saturated heterocycles. The van der Waals surface area contributed by atoms with E-state index in [2.05, 4.69) is 0 Å². The number of carbonyl (C=O) groups excluding carboxylic acids is 1. The molecular weight excluding hydrogens is 280 g/mol. The first-order valence-corrected chi connectivity index (χ1v) is 5.53. The predicted molar refractivity (Wildman–Crippen MR) is 63.3 cm³/mol. The second-order valence-corrected chi connectivity index (χ2v) is 4.49. The molecule has 6 heteroatoms. The van der Waals surface area contributed by atoms with Crippen LogP contribution in [0.4, 0.5) is 0 Å². The number of hydrogen-bond donors (Lipinski definition) is 0. The first-order chi connectivity index (χ1) is 7.02. The van der Waals surface area contributed by atoms with Crippen LogP contribution in [-0.2, 0) is 11.2 Å². The molecule has 1 aromatic rings. The van der Waals surface area contributed by atoms with Crippen molar-refractivity contribution >= 4 is 52.7 Å². The molecule has 0 N–H and O–H groups in total. The Morgan fingerprint density at radius 1 is 1.20 bits per heavy atom. The van der Waals surface area contributed by atoms with Gasteiger partial charge in [0.1, 0.15) is 0 Å². The third-order valence-corrected chi connectivity index (χ3v) is 2.92. The minimum absolute atomic E-state index is 0.163. The lowest BCUT2D eigenvalue weighted by molar-refractivity contribution is -0.123. The standard InChI is InChI=1S/C9H7Cl4NO/c10-7-2-1-3-8(11)6(7)4-5-9(15)14(12)13/h1-3H,4-5H2. The largest absolute Gasteiger partial charge is 0.272 e. The molecule has 0 atom stereocenters. The van der Waals surface area contributed by atoms with Crippen LogP contribution in [0.25, 0.3) is 0 Å². The van der Waals surface area contributed by atoms with Crippen molar-refractivity contribution in [3.8, 4) is 0 Å². The molecule has 1 rings (SSSR count). The monoisotopic (exact) mass is 285 g/mol. The van der Waals surface area contributed by atoms with Gasteiger partial charge in [-0.15, -0.1) is 0 Å². The molecule has 0 radical (unpaired) electrons. The van der Waals surface area contributed by atoms with Crippen molar-refractivity contribution < 1.29 is 4.79 Å². The van der Waals surface area contributed by atoms with E-state index in [0.29, 0.717) is 20.4 Å². The smallest absolute Gasteiger partial charge is 0.252 e. The Labute approximate surface area is 108 Å².